The van der Waals surface area contributed by atoms with Crippen molar-refractivity contribution >= 4 is 24.8 Å². The Morgan fingerprint density at radius 2 is 1.93 bits per heavy atom. The second kappa shape index (κ2) is 10.0. The number of halogens is 2. The third-order valence-electron chi connectivity index (χ3n) is 2.79. The molecule has 1 fully saturated rings. The molecular weight excluding hydrogens is 219 g/mol. The summed E-state index contributed by atoms with van der Waals surface area (Å²) >= 11 is 0. The number of hydrogen-bond donors (Lipinski definition) is 1. The van der Waals surface area contributed by atoms with Crippen molar-refractivity contribution in [3.8, 4) is 0 Å². The molecule has 0 bridgehead atoms. The molecule has 1 rings (SSSR count). The molecule has 0 radical (unpaired) electrons. The summed E-state index contributed by atoms with van der Waals surface area (Å²) in [5.41, 5.74) is 0. The predicted molar refractivity (Wildman–Crippen MR) is 67.9 cm³/mol. The van der Waals surface area contributed by atoms with Crippen molar-refractivity contribution in [3.05, 3.63) is 0 Å². The fourth-order valence-electron chi connectivity index (χ4n) is 2.02. The number of hydrogen-bond acceptors (Lipinski definition) is 2. The molecule has 0 spiro atoms. The lowest BCUT2D eigenvalue weighted by Crippen LogP contribution is -2.45. The summed E-state index contributed by atoms with van der Waals surface area (Å²) < 4.78 is 0. The van der Waals surface area contributed by atoms with Gasteiger partial charge in [-0.15, -0.1) is 24.8 Å². The molecule has 1 heterocycles. The second-order valence-corrected chi connectivity index (χ2v) is 3.59. The summed E-state index contributed by atoms with van der Waals surface area (Å²) in [6, 6.07) is 0.809. The van der Waals surface area contributed by atoms with Crippen molar-refractivity contribution in [3.63, 3.8) is 0 Å². The van der Waals surface area contributed by atoms with E-state index in [0.29, 0.717) is 0 Å². The third kappa shape index (κ3) is 5.40. The monoisotopic (exact) mass is 242 g/mol. The van der Waals surface area contributed by atoms with Crippen LogP contribution in [0.5, 0.6) is 0 Å². The number of nitrogens with one attached hydrogen (secondary N) is 1. The van der Waals surface area contributed by atoms with Crippen LogP contribution in [0, 0.1) is 0 Å². The van der Waals surface area contributed by atoms with Crippen molar-refractivity contribution in [1.29, 1.82) is 0 Å². The SMILES string of the molecule is CCNC[C@@H]1CCCCN1CC.Cl.Cl. The van der Waals surface area contributed by atoms with Gasteiger partial charge >= 0.3 is 0 Å². The molecule has 0 aromatic rings. The first-order chi connectivity index (χ1) is 5.88. The average Bonchev–Trinajstić information content (AvgIpc) is 2.15. The van der Waals surface area contributed by atoms with E-state index in [-0.39, 0.29) is 24.8 Å². The van der Waals surface area contributed by atoms with E-state index in [4.69, 9.17) is 0 Å². The minimum atomic E-state index is 0. The Kier molecular flexibility index (Phi) is 12.1. The van der Waals surface area contributed by atoms with Gasteiger partial charge in [-0.25, -0.2) is 0 Å². The molecule has 0 unspecified atom stereocenters. The summed E-state index contributed by atoms with van der Waals surface area (Å²) in [5, 5.41) is 3.44. The van der Waals surface area contributed by atoms with E-state index in [1.807, 2.05) is 0 Å². The standard InChI is InChI=1S/C10H22N2.2ClH/c1-3-11-9-10-7-5-6-8-12(10)4-2;;/h10-11H,3-9H2,1-2H3;2*1H/t10-;;/m0../s1. The smallest absolute Gasteiger partial charge is 0.0220 e. The molecule has 88 valence electrons. The first kappa shape index (κ1) is 16.9. The lowest BCUT2D eigenvalue weighted by atomic mass is 10.0. The lowest BCUT2D eigenvalue weighted by molar-refractivity contribution is 0.154. The van der Waals surface area contributed by atoms with Crippen LogP contribution in [0.3, 0.4) is 0 Å². The van der Waals surface area contributed by atoms with Crippen LogP contribution >= 0.6 is 24.8 Å². The molecule has 14 heavy (non-hydrogen) atoms. The van der Waals surface area contributed by atoms with E-state index >= 15 is 0 Å². The molecule has 1 atom stereocenters. The summed E-state index contributed by atoms with van der Waals surface area (Å²) in [4.78, 5) is 2.60. The molecule has 4 heteroatoms. The fourth-order valence-corrected chi connectivity index (χ4v) is 2.02. The zero-order valence-corrected chi connectivity index (χ0v) is 10.9. The van der Waals surface area contributed by atoms with Crippen LogP contribution < -0.4 is 5.32 Å². The maximum absolute atomic E-state index is 3.44. The van der Waals surface area contributed by atoms with Crippen LogP contribution in [-0.4, -0.2) is 37.1 Å². The van der Waals surface area contributed by atoms with E-state index in [2.05, 4.69) is 24.1 Å². The topological polar surface area (TPSA) is 15.3 Å². The number of piperidine rings is 1. The molecule has 1 N–H and O–H groups in total. The van der Waals surface area contributed by atoms with Crippen LogP contribution in [-0.2, 0) is 0 Å². The Bertz CT molecular complexity index is 123. The van der Waals surface area contributed by atoms with Crippen molar-refractivity contribution < 1.29 is 0 Å². The van der Waals surface area contributed by atoms with Gasteiger partial charge in [-0.2, -0.15) is 0 Å². The molecule has 0 aromatic heterocycles. The largest absolute Gasteiger partial charge is 0.315 e. The molecule has 0 amide bonds. The molecule has 0 saturated carbocycles. The highest BCUT2D eigenvalue weighted by Crippen LogP contribution is 2.15. The number of rotatable bonds is 4. The van der Waals surface area contributed by atoms with Gasteiger partial charge in [-0.3, -0.25) is 4.90 Å². The van der Waals surface area contributed by atoms with Gasteiger partial charge in [-0.1, -0.05) is 20.3 Å². The first-order valence-electron chi connectivity index (χ1n) is 5.33. The average molecular weight is 243 g/mol. The molecule has 1 saturated heterocycles. The quantitative estimate of drug-likeness (QED) is 0.815. The van der Waals surface area contributed by atoms with E-state index in [9.17, 15) is 0 Å². The highest BCUT2D eigenvalue weighted by atomic mass is 35.5. The summed E-state index contributed by atoms with van der Waals surface area (Å²) in [6.07, 6.45) is 4.21. The molecular formula is C10H24Cl2N2. The summed E-state index contributed by atoms with van der Waals surface area (Å²) in [7, 11) is 0. The Labute approximate surface area is 101 Å². The second-order valence-electron chi connectivity index (χ2n) is 3.59. The predicted octanol–water partition coefficient (Wildman–Crippen LogP) is 2.31. The van der Waals surface area contributed by atoms with Crippen LogP contribution in [0.15, 0.2) is 0 Å². The molecule has 2 nitrogen and oxygen atoms in total. The van der Waals surface area contributed by atoms with Crippen LogP contribution in [0.25, 0.3) is 0 Å². The zero-order chi connectivity index (χ0) is 8.81. The molecule has 1 aliphatic rings. The Balaban J connectivity index is 0. The summed E-state index contributed by atoms with van der Waals surface area (Å²) in [5.74, 6) is 0. The number of nitrogens with zero attached hydrogens (tertiary/aromatic N) is 1. The van der Waals surface area contributed by atoms with E-state index in [1.54, 1.807) is 0 Å². The van der Waals surface area contributed by atoms with Gasteiger partial charge in [0, 0.05) is 12.6 Å². The number of likely N-dealkylation sites (tertiary alicyclic amines) is 1. The fraction of sp³-hybridized carbons (Fsp3) is 1.00. The van der Waals surface area contributed by atoms with Crippen molar-refractivity contribution in [2.75, 3.05) is 26.2 Å². The van der Waals surface area contributed by atoms with Crippen molar-refractivity contribution in [1.82, 2.24) is 10.2 Å². The van der Waals surface area contributed by atoms with E-state index < -0.39 is 0 Å². The van der Waals surface area contributed by atoms with Gasteiger partial charge in [0.25, 0.3) is 0 Å². The van der Waals surface area contributed by atoms with E-state index in [0.717, 1.165) is 12.6 Å². The van der Waals surface area contributed by atoms with Crippen molar-refractivity contribution in [2.45, 2.75) is 39.2 Å². The third-order valence-corrected chi connectivity index (χ3v) is 2.79. The molecule has 0 aromatic carbocycles. The Hall–Kier alpha value is 0.500. The Morgan fingerprint density at radius 1 is 1.21 bits per heavy atom. The first-order valence-corrected chi connectivity index (χ1v) is 5.33. The van der Waals surface area contributed by atoms with Gasteiger partial charge in [0.05, 0.1) is 0 Å². The summed E-state index contributed by atoms with van der Waals surface area (Å²) in [6.45, 7) is 9.27. The van der Waals surface area contributed by atoms with Gasteiger partial charge < -0.3 is 5.32 Å². The van der Waals surface area contributed by atoms with Crippen LogP contribution in [0.2, 0.25) is 0 Å². The molecule has 0 aliphatic carbocycles. The van der Waals surface area contributed by atoms with Gasteiger partial charge in [-0.05, 0) is 32.5 Å². The minimum absolute atomic E-state index is 0. The van der Waals surface area contributed by atoms with Crippen LogP contribution in [0.1, 0.15) is 33.1 Å². The van der Waals surface area contributed by atoms with Gasteiger partial charge in [0.2, 0.25) is 0 Å². The normalized spacial score (nSPS) is 22.3. The maximum Gasteiger partial charge on any atom is 0.0220 e. The van der Waals surface area contributed by atoms with E-state index in [1.165, 1.54) is 38.9 Å². The van der Waals surface area contributed by atoms with Crippen LogP contribution in [0.4, 0.5) is 0 Å². The highest BCUT2D eigenvalue weighted by molar-refractivity contribution is 5.85. The molecule has 1 aliphatic heterocycles. The lowest BCUT2D eigenvalue weighted by Gasteiger charge is -2.34. The minimum Gasteiger partial charge on any atom is -0.315 e. The number of likely N-dealkylation sites (N-methyl/N-ethyl adjacent to an activating group) is 2. The highest BCUT2D eigenvalue weighted by Gasteiger charge is 2.19. The van der Waals surface area contributed by atoms with Gasteiger partial charge in [0.15, 0.2) is 0 Å². The van der Waals surface area contributed by atoms with Crippen molar-refractivity contribution in [2.24, 2.45) is 0 Å². The maximum atomic E-state index is 3.44. The zero-order valence-electron chi connectivity index (χ0n) is 9.29. The van der Waals surface area contributed by atoms with Gasteiger partial charge in [0.1, 0.15) is 0 Å². The Morgan fingerprint density at radius 3 is 2.50 bits per heavy atom.